The van der Waals surface area contributed by atoms with Crippen LogP contribution < -0.4 is 11.1 Å². The molecule has 3 N–H and O–H groups in total. The van der Waals surface area contributed by atoms with E-state index < -0.39 is 0 Å². The van der Waals surface area contributed by atoms with Gasteiger partial charge in [0.25, 0.3) is 5.91 Å². The Hall–Kier alpha value is -2.54. The minimum atomic E-state index is -0.0869. The normalized spacial score (nSPS) is 10.4. The number of nitrogens with one attached hydrogen (secondary N) is 1. The molecule has 3 rings (SSSR count). The highest BCUT2D eigenvalue weighted by Gasteiger charge is 2.10. The molecule has 0 saturated heterocycles. The molecule has 2 heterocycles. The Labute approximate surface area is 145 Å². The predicted octanol–water partition coefficient (Wildman–Crippen LogP) is 3.52. The maximum atomic E-state index is 12.1. The Morgan fingerprint density at radius 3 is 2.67 bits per heavy atom. The molecule has 0 saturated carbocycles. The highest BCUT2D eigenvalue weighted by molar-refractivity contribution is 7.74. The summed E-state index contributed by atoms with van der Waals surface area (Å²) in [5.41, 5.74) is 9.70. The van der Waals surface area contributed by atoms with E-state index in [-0.39, 0.29) is 11.9 Å². The van der Waals surface area contributed by atoms with E-state index in [0.717, 1.165) is 16.9 Å². The van der Waals surface area contributed by atoms with E-state index in [9.17, 15) is 8.68 Å². The second kappa shape index (κ2) is 7.83. The molecule has 1 aromatic carbocycles. The monoisotopic (exact) mass is 346 g/mol. The molecule has 0 atom stereocenters. The molecule has 0 aliphatic heterocycles. The summed E-state index contributed by atoms with van der Waals surface area (Å²) in [5, 5.41) is 2.88. The predicted molar refractivity (Wildman–Crippen MR) is 97.7 cm³/mol. The molecule has 0 aliphatic rings. The van der Waals surface area contributed by atoms with Gasteiger partial charge in [0.15, 0.2) is 0 Å². The van der Waals surface area contributed by atoms with Gasteiger partial charge in [-0.2, -0.15) is 3.89 Å². The Morgan fingerprint density at radius 2 is 2.00 bits per heavy atom. The average molecular weight is 346 g/mol. The zero-order valence-electron chi connectivity index (χ0n) is 13.4. The molecule has 126 valence electrons. The lowest BCUT2D eigenvalue weighted by Gasteiger charge is -2.08. The number of imidazole rings is 1. The molecule has 24 heavy (non-hydrogen) atoms. The SMILES string of the molecule is CC(C)NC(=O)c1ccc2nc(-c3cccc(N)c3)cn2c1.FS. The number of aromatic nitrogens is 2. The lowest BCUT2D eigenvalue weighted by molar-refractivity contribution is 0.0942. The van der Waals surface area contributed by atoms with Crippen molar-refractivity contribution in [1.29, 1.82) is 0 Å². The van der Waals surface area contributed by atoms with Crippen molar-refractivity contribution in [3.05, 3.63) is 54.4 Å². The Balaban J connectivity index is 0.00000100. The smallest absolute Gasteiger partial charge is 0.252 e. The number of carbonyl (C=O) groups excluding carboxylic acids is 1. The lowest BCUT2D eigenvalue weighted by Crippen LogP contribution is -2.30. The Kier molecular flexibility index (Phi) is 5.81. The number of carbonyl (C=O) groups is 1. The van der Waals surface area contributed by atoms with Crippen LogP contribution in [0.4, 0.5) is 9.57 Å². The molecule has 0 radical (unpaired) electrons. The fourth-order valence-corrected chi connectivity index (χ4v) is 2.31. The van der Waals surface area contributed by atoms with Crippen LogP contribution >= 0.6 is 13.0 Å². The van der Waals surface area contributed by atoms with Gasteiger partial charge in [-0.15, -0.1) is 0 Å². The third-order valence-electron chi connectivity index (χ3n) is 3.32. The van der Waals surface area contributed by atoms with E-state index in [1.54, 1.807) is 12.3 Å². The van der Waals surface area contributed by atoms with Gasteiger partial charge in [0.2, 0.25) is 0 Å². The molecule has 0 unspecified atom stereocenters. The van der Waals surface area contributed by atoms with Crippen molar-refractivity contribution in [1.82, 2.24) is 14.7 Å². The third kappa shape index (κ3) is 4.05. The first kappa shape index (κ1) is 17.8. The number of pyridine rings is 1. The Bertz CT molecular complexity index is 847. The van der Waals surface area contributed by atoms with Crippen LogP contribution in [-0.2, 0) is 0 Å². The van der Waals surface area contributed by atoms with Crippen LogP contribution in [0.2, 0.25) is 0 Å². The van der Waals surface area contributed by atoms with Crippen molar-refractivity contribution in [3.63, 3.8) is 0 Å². The largest absolute Gasteiger partial charge is 0.399 e. The number of hydrogen-bond donors (Lipinski definition) is 3. The average Bonchev–Trinajstić information content (AvgIpc) is 2.99. The highest BCUT2D eigenvalue weighted by atomic mass is 32.1. The second-order valence-corrected chi connectivity index (χ2v) is 5.56. The zero-order valence-corrected chi connectivity index (χ0v) is 14.3. The fourth-order valence-electron chi connectivity index (χ4n) is 2.31. The summed E-state index contributed by atoms with van der Waals surface area (Å²) in [4.78, 5) is 16.6. The number of amides is 1. The van der Waals surface area contributed by atoms with E-state index in [4.69, 9.17) is 5.73 Å². The number of halogens is 1. The standard InChI is InChI=1S/C17H18N4O.FHS/c1-11(2)19-17(22)13-6-7-16-20-15(10-21(16)9-13)12-4-3-5-14(18)8-12;1-2/h3-11H,18H2,1-2H3,(H,19,22);2H. The maximum Gasteiger partial charge on any atom is 0.252 e. The van der Waals surface area contributed by atoms with Crippen molar-refractivity contribution in [2.45, 2.75) is 19.9 Å². The van der Waals surface area contributed by atoms with Gasteiger partial charge in [0, 0.05) is 42.7 Å². The van der Waals surface area contributed by atoms with Crippen molar-refractivity contribution in [2.24, 2.45) is 0 Å². The maximum absolute atomic E-state index is 12.1. The number of hydrogen-bond acceptors (Lipinski definition) is 4. The summed E-state index contributed by atoms with van der Waals surface area (Å²) in [6.07, 6.45) is 3.69. The summed E-state index contributed by atoms with van der Waals surface area (Å²) < 4.78 is 11.0. The summed E-state index contributed by atoms with van der Waals surface area (Å²) in [7, 11) is 0. The molecule has 0 aliphatic carbocycles. The molecule has 0 spiro atoms. The number of benzene rings is 1. The van der Waals surface area contributed by atoms with Crippen molar-refractivity contribution >= 4 is 30.3 Å². The number of rotatable bonds is 3. The first-order valence-corrected chi connectivity index (χ1v) is 7.69. The zero-order chi connectivity index (χ0) is 17.7. The van der Waals surface area contributed by atoms with Gasteiger partial charge < -0.3 is 15.5 Å². The van der Waals surface area contributed by atoms with Gasteiger partial charge >= 0.3 is 0 Å². The van der Waals surface area contributed by atoms with Crippen molar-refractivity contribution in [2.75, 3.05) is 5.73 Å². The van der Waals surface area contributed by atoms with Crippen LogP contribution in [0.5, 0.6) is 0 Å². The van der Waals surface area contributed by atoms with Crippen LogP contribution in [0.3, 0.4) is 0 Å². The topological polar surface area (TPSA) is 72.4 Å². The number of fused-ring (bicyclic) bond motifs is 1. The molecular weight excluding hydrogens is 327 g/mol. The van der Waals surface area contributed by atoms with Crippen LogP contribution in [0.1, 0.15) is 24.2 Å². The number of nitrogens with two attached hydrogens (primary N) is 1. The van der Waals surface area contributed by atoms with Crippen LogP contribution in [0.15, 0.2) is 48.8 Å². The first-order chi connectivity index (χ1) is 11.5. The van der Waals surface area contributed by atoms with Gasteiger partial charge in [-0.1, -0.05) is 12.1 Å². The summed E-state index contributed by atoms with van der Waals surface area (Å²) in [5.74, 6) is -0.0869. The van der Waals surface area contributed by atoms with E-state index in [0.29, 0.717) is 11.3 Å². The van der Waals surface area contributed by atoms with Gasteiger partial charge in [0.05, 0.1) is 11.3 Å². The van der Waals surface area contributed by atoms with Crippen LogP contribution in [-0.4, -0.2) is 21.3 Å². The number of nitrogens with zero attached hydrogens (tertiary/aromatic N) is 2. The number of nitrogen functional groups attached to an aromatic ring is 1. The summed E-state index contributed by atoms with van der Waals surface area (Å²) in [6.45, 7) is 3.87. The van der Waals surface area contributed by atoms with Gasteiger partial charge in [0.1, 0.15) is 5.65 Å². The minimum absolute atomic E-state index is 0.0869. The first-order valence-electron chi connectivity index (χ1n) is 7.35. The molecule has 3 aromatic rings. The lowest BCUT2D eigenvalue weighted by atomic mass is 10.1. The van der Waals surface area contributed by atoms with E-state index >= 15 is 0 Å². The van der Waals surface area contributed by atoms with Crippen LogP contribution in [0.25, 0.3) is 16.9 Å². The second-order valence-electron chi connectivity index (χ2n) is 5.56. The van der Waals surface area contributed by atoms with E-state index in [1.165, 1.54) is 0 Å². The molecule has 5 nitrogen and oxygen atoms in total. The summed E-state index contributed by atoms with van der Waals surface area (Å²) in [6, 6.07) is 11.3. The van der Waals surface area contributed by atoms with Gasteiger partial charge in [-0.3, -0.25) is 4.79 Å². The Morgan fingerprint density at radius 1 is 1.25 bits per heavy atom. The molecule has 0 fully saturated rings. The molecule has 2 aromatic heterocycles. The van der Waals surface area contributed by atoms with Gasteiger partial charge in [-0.25, -0.2) is 4.98 Å². The molecule has 0 bridgehead atoms. The fraction of sp³-hybridized carbons (Fsp3) is 0.176. The number of anilines is 1. The van der Waals surface area contributed by atoms with Crippen molar-refractivity contribution < 1.29 is 8.68 Å². The van der Waals surface area contributed by atoms with Crippen LogP contribution in [0, 0.1) is 0 Å². The third-order valence-corrected chi connectivity index (χ3v) is 3.32. The quantitative estimate of drug-likeness (QED) is 0.502. The highest BCUT2D eigenvalue weighted by Crippen LogP contribution is 2.21. The van der Waals surface area contributed by atoms with Crippen molar-refractivity contribution in [3.8, 4) is 11.3 Å². The summed E-state index contributed by atoms with van der Waals surface area (Å²) >= 11 is 2.03. The molecular formula is C17H19FN4OS. The molecule has 7 heteroatoms. The minimum Gasteiger partial charge on any atom is -0.399 e. The van der Waals surface area contributed by atoms with E-state index in [2.05, 4.69) is 10.3 Å². The van der Waals surface area contributed by atoms with E-state index in [1.807, 2.05) is 67.8 Å². The number of thiol groups is 1. The van der Waals surface area contributed by atoms with Gasteiger partial charge in [-0.05, 0) is 38.1 Å². The molecule has 1 amide bonds.